The molecule has 0 aromatic carbocycles. The smallest absolute Gasteiger partial charge is 0.223 e. The Balaban J connectivity index is 1.27. The predicted octanol–water partition coefficient (Wildman–Crippen LogP) is 1.51. The predicted molar refractivity (Wildman–Crippen MR) is 109 cm³/mol. The van der Waals surface area contributed by atoms with Crippen LogP contribution in [0.15, 0.2) is 37.2 Å². The molecule has 4 heterocycles. The quantitative estimate of drug-likeness (QED) is 0.681. The average molecular weight is 394 g/mol. The van der Waals surface area contributed by atoms with E-state index >= 15 is 0 Å². The summed E-state index contributed by atoms with van der Waals surface area (Å²) in [4.78, 5) is 27.5. The summed E-state index contributed by atoms with van der Waals surface area (Å²) in [6.45, 7) is 6.91. The molecule has 0 aliphatic carbocycles. The minimum Gasteiger partial charge on any atom is -0.356 e. The molecular weight excluding hydrogens is 368 g/mol. The van der Waals surface area contributed by atoms with Crippen molar-refractivity contribution in [2.45, 2.75) is 33.2 Å². The van der Waals surface area contributed by atoms with Crippen LogP contribution in [0.5, 0.6) is 0 Å². The van der Waals surface area contributed by atoms with Gasteiger partial charge >= 0.3 is 0 Å². The van der Waals surface area contributed by atoms with Crippen LogP contribution in [0.4, 0.5) is 5.82 Å². The van der Waals surface area contributed by atoms with E-state index < -0.39 is 0 Å². The lowest BCUT2D eigenvalue weighted by atomic mass is 9.96. The molecule has 0 radical (unpaired) electrons. The Morgan fingerprint density at radius 2 is 1.97 bits per heavy atom. The van der Waals surface area contributed by atoms with Crippen molar-refractivity contribution in [3.8, 4) is 5.82 Å². The van der Waals surface area contributed by atoms with Crippen LogP contribution in [-0.2, 0) is 11.3 Å². The number of hydrogen-bond donors (Lipinski definition) is 1. The molecule has 0 spiro atoms. The zero-order chi connectivity index (χ0) is 20.2. The molecule has 1 aliphatic heterocycles. The van der Waals surface area contributed by atoms with Gasteiger partial charge in [0.05, 0.1) is 12.2 Å². The maximum absolute atomic E-state index is 12.5. The molecule has 1 fully saturated rings. The van der Waals surface area contributed by atoms with Crippen molar-refractivity contribution in [1.82, 2.24) is 34.6 Å². The topological polar surface area (TPSA) is 93.8 Å². The Morgan fingerprint density at radius 1 is 1.17 bits per heavy atom. The Morgan fingerprint density at radius 3 is 2.66 bits per heavy atom. The fourth-order valence-electron chi connectivity index (χ4n) is 3.75. The number of nitrogens with zero attached hydrogens (tertiary/aromatic N) is 7. The first-order valence-corrected chi connectivity index (χ1v) is 9.94. The van der Waals surface area contributed by atoms with Crippen LogP contribution in [0.3, 0.4) is 0 Å². The van der Waals surface area contributed by atoms with Gasteiger partial charge in [0.15, 0.2) is 0 Å². The van der Waals surface area contributed by atoms with Gasteiger partial charge in [0.2, 0.25) is 5.91 Å². The van der Waals surface area contributed by atoms with Crippen LogP contribution >= 0.6 is 0 Å². The number of rotatable bonds is 6. The lowest BCUT2D eigenvalue weighted by Gasteiger charge is -2.32. The average Bonchev–Trinajstić information content (AvgIpc) is 3.38. The number of anilines is 1. The van der Waals surface area contributed by atoms with E-state index in [1.54, 1.807) is 18.9 Å². The highest BCUT2D eigenvalue weighted by atomic mass is 16.1. The summed E-state index contributed by atoms with van der Waals surface area (Å²) in [6.07, 6.45) is 8.50. The Labute approximate surface area is 169 Å². The van der Waals surface area contributed by atoms with Gasteiger partial charge in [-0.2, -0.15) is 5.10 Å². The molecule has 0 unspecified atom stereocenters. The van der Waals surface area contributed by atoms with Crippen LogP contribution in [0.2, 0.25) is 0 Å². The van der Waals surface area contributed by atoms with Crippen molar-refractivity contribution >= 4 is 11.7 Å². The zero-order valence-corrected chi connectivity index (χ0v) is 16.8. The minimum atomic E-state index is 0.0432. The minimum absolute atomic E-state index is 0.0432. The van der Waals surface area contributed by atoms with Gasteiger partial charge in [0, 0.05) is 49.7 Å². The first-order chi connectivity index (χ1) is 14.1. The van der Waals surface area contributed by atoms with Gasteiger partial charge in [-0.1, -0.05) is 0 Å². The summed E-state index contributed by atoms with van der Waals surface area (Å²) in [5, 5.41) is 7.50. The maximum atomic E-state index is 12.5. The highest BCUT2D eigenvalue weighted by Crippen LogP contribution is 2.22. The van der Waals surface area contributed by atoms with Crippen LogP contribution in [0, 0.1) is 19.8 Å². The summed E-state index contributed by atoms with van der Waals surface area (Å²) in [5.74, 6) is 1.85. The van der Waals surface area contributed by atoms with Crippen LogP contribution in [-0.4, -0.2) is 54.8 Å². The standard InChI is InChI=1S/C20H26N8O/c1-15-11-16(2)28(25-15)10-6-22-20(29)17-3-7-26(8-4-17)18-12-19(24-13-23-18)27-9-5-21-14-27/h5,9,11-14,17H,3-4,6-8,10H2,1-2H3,(H,22,29). The normalized spacial score (nSPS) is 14.9. The molecule has 1 aliphatic rings. The largest absolute Gasteiger partial charge is 0.356 e. The number of carbonyl (C=O) groups is 1. The van der Waals surface area contributed by atoms with Gasteiger partial charge in [-0.15, -0.1) is 0 Å². The summed E-state index contributed by atoms with van der Waals surface area (Å²) in [7, 11) is 0. The highest BCUT2D eigenvalue weighted by molar-refractivity contribution is 5.78. The van der Waals surface area contributed by atoms with Gasteiger partial charge < -0.3 is 10.2 Å². The van der Waals surface area contributed by atoms with Crippen LogP contribution < -0.4 is 10.2 Å². The third-order valence-electron chi connectivity index (χ3n) is 5.32. The number of nitrogens with one attached hydrogen (secondary N) is 1. The number of aryl methyl sites for hydroxylation is 2. The molecule has 3 aromatic rings. The van der Waals surface area contributed by atoms with E-state index in [4.69, 9.17) is 0 Å². The Bertz CT molecular complexity index is 957. The van der Waals surface area contributed by atoms with Crippen molar-refractivity contribution in [1.29, 1.82) is 0 Å². The summed E-state index contributed by atoms with van der Waals surface area (Å²) in [6, 6.07) is 4.00. The lowest BCUT2D eigenvalue weighted by molar-refractivity contribution is -0.125. The molecule has 9 heteroatoms. The molecule has 0 saturated carbocycles. The number of piperidine rings is 1. The zero-order valence-electron chi connectivity index (χ0n) is 16.8. The summed E-state index contributed by atoms with van der Waals surface area (Å²) < 4.78 is 3.79. The number of amides is 1. The molecule has 29 heavy (non-hydrogen) atoms. The van der Waals surface area contributed by atoms with Gasteiger partial charge in [-0.25, -0.2) is 15.0 Å². The number of hydrogen-bond acceptors (Lipinski definition) is 6. The Kier molecular flexibility index (Phi) is 5.55. The second kappa shape index (κ2) is 8.42. The fraction of sp³-hybridized carbons (Fsp3) is 0.450. The summed E-state index contributed by atoms with van der Waals surface area (Å²) in [5.41, 5.74) is 2.12. The third-order valence-corrected chi connectivity index (χ3v) is 5.32. The number of carbonyl (C=O) groups excluding carboxylic acids is 1. The number of imidazole rings is 1. The van der Waals surface area contributed by atoms with E-state index in [9.17, 15) is 4.79 Å². The maximum Gasteiger partial charge on any atom is 0.223 e. The van der Waals surface area contributed by atoms with Gasteiger partial charge in [0.25, 0.3) is 0 Å². The second-order valence-corrected chi connectivity index (χ2v) is 7.41. The molecule has 1 amide bonds. The first kappa shape index (κ1) is 19.1. The molecule has 0 bridgehead atoms. The van der Waals surface area contributed by atoms with Crippen molar-refractivity contribution in [3.05, 3.63) is 48.6 Å². The van der Waals surface area contributed by atoms with E-state index in [0.717, 1.165) is 49.0 Å². The van der Waals surface area contributed by atoms with Gasteiger partial charge in [0.1, 0.15) is 24.3 Å². The lowest BCUT2D eigenvalue weighted by Crippen LogP contribution is -2.41. The van der Waals surface area contributed by atoms with E-state index in [1.807, 2.05) is 41.4 Å². The summed E-state index contributed by atoms with van der Waals surface area (Å²) >= 11 is 0. The molecule has 152 valence electrons. The van der Waals surface area contributed by atoms with Crippen molar-refractivity contribution in [2.24, 2.45) is 5.92 Å². The van der Waals surface area contributed by atoms with E-state index in [2.05, 4.69) is 30.3 Å². The molecule has 1 saturated heterocycles. The van der Waals surface area contributed by atoms with E-state index in [0.29, 0.717) is 13.1 Å². The van der Waals surface area contributed by atoms with Gasteiger partial charge in [-0.3, -0.25) is 14.0 Å². The molecule has 0 atom stereocenters. The number of aromatic nitrogens is 6. The van der Waals surface area contributed by atoms with Crippen LogP contribution in [0.1, 0.15) is 24.2 Å². The van der Waals surface area contributed by atoms with Crippen molar-refractivity contribution in [2.75, 3.05) is 24.5 Å². The first-order valence-electron chi connectivity index (χ1n) is 9.94. The Hall–Kier alpha value is -3.23. The fourth-order valence-corrected chi connectivity index (χ4v) is 3.75. The van der Waals surface area contributed by atoms with Crippen molar-refractivity contribution < 1.29 is 4.79 Å². The van der Waals surface area contributed by atoms with Gasteiger partial charge in [-0.05, 0) is 32.8 Å². The highest BCUT2D eigenvalue weighted by Gasteiger charge is 2.25. The molecule has 4 rings (SSSR count). The molecule has 3 aromatic heterocycles. The SMILES string of the molecule is Cc1cc(C)n(CCNC(=O)C2CCN(c3cc(-n4ccnc4)ncn3)CC2)n1. The third kappa shape index (κ3) is 4.44. The molecule has 1 N–H and O–H groups in total. The van der Waals surface area contributed by atoms with E-state index in [1.165, 1.54) is 0 Å². The molecular formula is C20H26N8O. The van der Waals surface area contributed by atoms with Crippen LogP contribution in [0.25, 0.3) is 5.82 Å². The molecule has 9 nitrogen and oxygen atoms in total. The van der Waals surface area contributed by atoms with Crippen molar-refractivity contribution in [3.63, 3.8) is 0 Å². The van der Waals surface area contributed by atoms with E-state index in [-0.39, 0.29) is 11.8 Å². The monoisotopic (exact) mass is 394 g/mol. The second-order valence-electron chi connectivity index (χ2n) is 7.41.